The first-order chi connectivity index (χ1) is 19.8. The number of carbonyl (C=O) groups is 2. The number of hydrogen-bond donors (Lipinski definition) is 1. The highest BCUT2D eigenvalue weighted by Gasteiger charge is 2.54. The third kappa shape index (κ3) is 5.20. The van der Waals surface area contributed by atoms with E-state index in [0.29, 0.717) is 67.9 Å². The van der Waals surface area contributed by atoms with Crippen LogP contribution in [-0.2, 0) is 27.7 Å². The van der Waals surface area contributed by atoms with E-state index in [1.807, 2.05) is 14.0 Å². The monoisotopic (exact) mass is 594 g/mol. The zero-order chi connectivity index (χ0) is 30.6. The Morgan fingerprint density at radius 3 is 2.60 bits per heavy atom. The number of nitrogens with zero attached hydrogens (tertiary/aromatic N) is 5. The standard InChI is InChI=1S/C29H35F5N6O2/c1-16-12-19(8-10-39(16)23(41)13-30)40-14-21-25(28(27(40)42)9-11-38(4)15-28)36-18(3)37-26(21)35-17(2)20-6-5-7-22(24(20)31)29(32,33)34/h5-7,16-17,19H,8-15H2,1-4H3,(H,35,36,37)/t16-,17-,19?,28?/m1/s1. The lowest BCUT2D eigenvalue weighted by atomic mass is 9.75. The zero-order valence-electron chi connectivity index (χ0n) is 24.1. The van der Waals surface area contributed by atoms with Gasteiger partial charge in [0.25, 0.3) is 5.91 Å². The average Bonchev–Trinajstić information content (AvgIpc) is 3.32. The van der Waals surface area contributed by atoms with E-state index in [1.54, 1.807) is 18.7 Å². The maximum atomic E-state index is 15.0. The summed E-state index contributed by atoms with van der Waals surface area (Å²) in [6.07, 6.45) is -3.37. The van der Waals surface area contributed by atoms with Gasteiger partial charge in [0.1, 0.15) is 22.9 Å². The van der Waals surface area contributed by atoms with Crippen LogP contribution in [0.15, 0.2) is 18.2 Å². The number of hydrogen-bond acceptors (Lipinski definition) is 6. The lowest BCUT2D eigenvalue weighted by Crippen LogP contribution is -2.59. The number of anilines is 1. The molecule has 0 saturated carbocycles. The van der Waals surface area contributed by atoms with Crippen LogP contribution >= 0.6 is 0 Å². The van der Waals surface area contributed by atoms with E-state index in [-0.39, 0.29) is 30.1 Å². The molecule has 2 saturated heterocycles. The number of likely N-dealkylation sites (tertiary alicyclic amines) is 2. The predicted octanol–water partition coefficient (Wildman–Crippen LogP) is 4.38. The molecule has 3 aliphatic rings. The van der Waals surface area contributed by atoms with Gasteiger partial charge in [-0.25, -0.2) is 18.7 Å². The molecule has 228 valence electrons. The van der Waals surface area contributed by atoms with Crippen LogP contribution in [0, 0.1) is 12.7 Å². The Balaban J connectivity index is 1.53. The van der Waals surface area contributed by atoms with Gasteiger partial charge in [-0.05, 0) is 59.7 Å². The van der Waals surface area contributed by atoms with Crippen molar-refractivity contribution in [2.24, 2.45) is 0 Å². The summed E-state index contributed by atoms with van der Waals surface area (Å²) >= 11 is 0. The molecule has 0 bridgehead atoms. The van der Waals surface area contributed by atoms with E-state index >= 15 is 4.39 Å². The number of nitrogens with one attached hydrogen (secondary N) is 1. The van der Waals surface area contributed by atoms with E-state index in [2.05, 4.69) is 15.2 Å². The Kier molecular flexibility index (Phi) is 7.92. The molecule has 42 heavy (non-hydrogen) atoms. The molecule has 8 nitrogen and oxygen atoms in total. The summed E-state index contributed by atoms with van der Waals surface area (Å²) in [6, 6.07) is 1.82. The van der Waals surface area contributed by atoms with Crippen LogP contribution in [0.25, 0.3) is 0 Å². The third-order valence-electron chi connectivity index (χ3n) is 8.91. The molecule has 13 heteroatoms. The van der Waals surface area contributed by atoms with Gasteiger partial charge >= 0.3 is 6.18 Å². The quantitative estimate of drug-likeness (QED) is 0.518. The largest absolute Gasteiger partial charge is 0.419 e. The van der Waals surface area contributed by atoms with Gasteiger partial charge in [0, 0.05) is 36.3 Å². The molecule has 2 aromatic rings. The van der Waals surface area contributed by atoms with Gasteiger partial charge in [-0.15, -0.1) is 0 Å². The fourth-order valence-corrected chi connectivity index (χ4v) is 6.81. The van der Waals surface area contributed by atoms with E-state index in [9.17, 15) is 27.2 Å². The Hall–Kier alpha value is -3.35. The highest BCUT2D eigenvalue weighted by atomic mass is 19.4. The molecule has 2 fully saturated rings. The molecule has 0 radical (unpaired) electrons. The van der Waals surface area contributed by atoms with Crippen LogP contribution in [0.5, 0.6) is 0 Å². The van der Waals surface area contributed by atoms with Gasteiger partial charge in [0.2, 0.25) is 5.91 Å². The fraction of sp³-hybridized carbons (Fsp3) is 0.586. The van der Waals surface area contributed by atoms with Crippen LogP contribution in [0.1, 0.15) is 67.4 Å². The molecule has 2 amide bonds. The minimum absolute atomic E-state index is 0.0668. The molecule has 1 aromatic heterocycles. The van der Waals surface area contributed by atoms with Crippen LogP contribution < -0.4 is 5.32 Å². The number of aryl methyl sites for hydroxylation is 1. The summed E-state index contributed by atoms with van der Waals surface area (Å²) in [5.41, 5.74) is -1.23. The normalized spacial score (nSPS) is 25.6. The maximum absolute atomic E-state index is 15.0. The smallest absolute Gasteiger partial charge is 0.363 e. The van der Waals surface area contributed by atoms with Crippen molar-refractivity contribution in [3.05, 3.63) is 52.2 Å². The number of benzene rings is 1. The summed E-state index contributed by atoms with van der Waals surface area (Å²) < 4.78 is 68.4. The minimum atomic E-state index is -4.84. The summed E-state index contributed by atoms with van der Waals surface area (Å²) in [6.45, 7) is 5.57. The molecule has 2 unspecified atom stereocenters. The van der Waals surface area contributed by atoms with Crippen molar-refractivity contribution >= 4 is 17.6 Å². The second kappa shape index (κ2) is 11.1. The number of piperidine rings is 1. The Labute approximate surface area is 241 Å². The second-order valence-electron chi connectivity index (χ2n) is 11.8. The molecule has 3 aliphatic heterocycles. The lowest BCUT2D eigenvalue weighted by Gasteiger charge is -2.47. The molecular formula is C29H35F5N6O2. The van der Waals surface area contributed by atoms with E-state index < -0.39 is 41.6 Å². The molecule has 1 spiro atoms. The molecule has 4 atom stereocenters. The number of aromatic nitrogens is 2. The Morgan fingerprint density at radius 1 is 1.24 bits per heavy atom. The Bertz CT molecular complexity index is 1390. The summed E-state index contributed by atoms with van der Waals surface area (Å²) in [5, 5.41) is 3.14. The maximum Gasteiger partial charge on any atom is 0.419 e. The predicted molar refractivity (Wildman–Crippen MR) is 145 cm³/mol. The van der Waals surface area contributed by atoms with Gasteiger partial charge in [-0.2, -0.15) is 13.2 Å². The molecule has 1 N–H and O–H groups in total. The van der Waals surface area contributed by atoms with Crippen LogP contribution in [-0.4, -0.2) is 81.9 Å². The first kappa shape index (κ1) is 30.1. The van der Waals surface area contributed by atoms with Crippen molar-refractivity contribution in [2.75, 3.05) is 38.7 Å². The topological polar surface area (TPSA) is 81.7 Å². The van der Waals surface area contributed by atoms with Crippen molar-refractivity contribution < 1.29 is 31.5 Å². The number of likely N-dealkylation sites (N-methyl/N-ethyl adjacent to an activating group) is 1. The number of rotatable bonds is 5. The van der Waals surface area contributed by atoms with Gasteiger partial charge in [-0.1, -0.05) is 12.1 Å². The summed E-state index contributed by atoms with van der Waals surface area (Å²) in [5.74, 6) is -1.26. The highest BCUT2D eigenvalue weighted by molar-refractivity contribution is 5.91. The molecule has 4 heterocycles. The SMILES string of the molecule is Cc1nc(N[C@H](C)c2cccc(C(F)(F)F)c2F)c2c(n1)C1(CCN(C)C1)C(=O)N(C1CCN(C(=O)CF)[C@H](C)C1)C2. The zero-order valence-corrected chi connectivity index (χ0v) is 24.1. The number of carbonyl (C=O) groups excluding carboxylic acids is 2. The van der Waals surface area contributed by atoms with Crippen molar-refractivity contribution in [3.8, 4) is 0 Å². The van der Waals surface area contributed by atoms with Gasteiger partial charge in [-0.3, -0.25) is 9.59 Å². The van der Waals surface area contributed by atoms with Gasteiger partial charge in [0.15, 0.2) is 6.67 Å². The average molecular weight is 595 g/mol. The number of alkyl halides is 4. The third-order valence-corrected chi connectivity index (χ3v) is 8.91. The van der Waals surface area contributed by atoms with Crippen LogP contribution in [0.4, 0.5) is 27.8 Å². The second-order valence-corrected chi connectivity index (χ2v) is 11.8. The first-order valence-electron chi connectivity index (χ1n) is 14.1. The van der Waals surface area contributed by atoms with Crippen molar-refractivity contribution in [2.45, 2.75) is 76.3 Å². The Morgan fingerprint density at radius 2 is 1.98 bits per heavy atom. The number of halogens is 5. The molecule has 0 aliphatic carbocycles. The lowest BCUT2D eigenvalue weighted by molar-refractivity contribution is -0.145. The molecule has 1 aromatic carbocycles. The summed E-state index contributed by atoms with van der Waals surface area (Å²) in [7, 11) is 1.93. The van der Waals surface area contributed by atoms with Crippen LogP contribution in [0.3, 0.4) is 0 Å². The molecular weight excluding hydrogens is 559 g/mol. The summed E-state index contributed by atoms with van der Waals surface area (Å²) in [4.78, 5) is 41.1. The number of amides is 2. The fourth-order valence-electron chi connectivity index (χ4n) is 6.81. The van der Waals surface area contributed by atoms with E-state index in [1.165, 1.54) is 17.0 Å². The highest BCUT2D eigenvalue weighted by Crippen LogP contribution is 2.45. The van der Waals surface area contributed by atoms with Crippen molar-refractivity contribution in [3.63, 3.8) is 0 Å². The van der Waals surface area contributed by atoms with Crippen LogP contribution in [0.2, 0.25) is 0 Å². The van der Waals surface area contributed by atoms with E-state index in [0.717, 1.165) is 0 Å². The number of fused-ring (bicyclic) bond motifs is 2. The van der Waals surface area contributed by atoms with Crippen molar-refractivity contribution in [1.29, 1.82) is 0 Å². The van der Waals surface area contributed by atoms with Gasteiger partial charge < -0.3 is 20.0 Å². The minimum Gasteiger partial charge on any atom is -0.363 e. The van der Waals surface area contributed by atoms with Gasteiger partial charge in [0.05, 0.1) is 23.8 Å². The van der Waals surface area contributed by atoms with E-state index in [4.69, 9.17) is 4.98 Å². The molecule has 5 rings (SSSR count). The first-order valence-corrected chi connectivity index (χ1v) is 14.1. The van der Waals surface area contributed by atoms with Crippen molar-refractivity contribution in [1.82, 2.24) is 24.7 Å².